The Hall–Kier alpha value is -4.64. The van der Waals surface area contributed by atoms with Crippen LogP contribution in [-0.2, 0) is 4.79 Å². The van der Waals surface area contributed by atoms with Crippen LogP contribution in [0, 0.1) is 18.3 Å². The number of hydrogen-bond donors (Lipinski definition) is 1. The van der Waals surface area contributed by atoms with Crippen LogP contribution in [0.1, 0.15) is 29.5 Å². The van der Waals surface area contributed by atoms with Gasteiger partial charge in [-0.1, -0.05) is 30.3 Å². The molecule has 0 fully saturated rings. The number of para-hydroxylation sites is 1. The molecule has 2 N–H and O–H groups in total. The van der Waals surface area contributed by atoms with Crippen molar-refractivity contribution in [2.24, 2.45) is 5.73 Å². The van der Waals surface area contributed by atoms with Gasteiger partial charge in [0, 0.05) is 11.6 Å². The Morgan fingerprint density at radius 1 is 1.06 bits per heavy atom. The molecule has 1 atom stereocenters. The zero-order valence-electron chi connectivity index (χ0n) is 20.2. The van der Waals surface area contributed by atoms with Crippen molar-refractivity contribution in [2.75, 3.05) is 20.3 Å². The van der Waals surface area contributed by atoms with Crippen LogP contribution in [0.15, 0.2) is 72.1 Å². The summed E-state index contributed by atoms with van der Waals surface area (Å²) in [6.45, 7) is 4.02. The predicted molar refractivity (Wildman–Crippen MR) is 132 cm³/mol. The lowest BCUT2D eigenvalue weighted by Crippen LogP contribution is -2.22. The smallest absolute Gasteiger partial charge is 0.349 e. The summed E-state index contributed by atoms with van der Waals surface area (Å²) in [5.41, 5.74) is 8.77. The third kappa shape index (κ3) is 5.05. The number of esters is 1. The standard InChI is InChI=1S/C28H26N2O6/c1-4-33-23-12-9-18(13-25(23)32-3)27-20-11-10-19(14-24(20)36-28(30)21(27)15-29)35-26(31)16-34-22-8-6-5-7-17(22)2/h5-14,27H,4,16,30H2,1-3H3. The molecule has 1 aliphatic heterocycles. The number of nitrogens with two attached hydrogens (primary N) is 1. The van der Waals surface area contributed by atoms with Crippen molar-refractivity contribution in [3.05, 3.63) is 88.8 Å². The highest BCUT2D eigenvalue weighted by Gasteiger charge is 2.31. The van der Waals surface area contributed by atoms with Gasteiger partial charge in [0.1, 0.15) is 28.9 Å². The first-order chi connectivity index (χ1) is 17.4. The first kappa shape index (κ1) is 24.5. The van der Waals surface area contributed by atoms with Crippen molar-refractivity contribution in [3.8, 4) is 34.8 Å². The average molecular weight is 487 g/mol. The average Bonchev–Trinajstić information content (AvgIpc) is 2.87. The lowest BCUT2D eigenvalue weighted by atomic mass is 9.83. The summed E-state index contributed by atoms with van der Waals surface area (Å²) in [4.78, 5) is 12.4. The highest BCUT2D eigenvalue weighted by molar-refractivity contribution is 5.74. The second-order valence-corrected chi connectivity index (χ2v) is 8.00. The van der Waals surface area contributed by atoms with Gasteiger partial charge in [-0.3, -0.25) is 0 Å². The second-order valence-electron chi connectivity index (χ2n) is 8.00. The number of allylic oxidation sites excluding steroid dienone is 1. The second kappa shape index (κ2) is 10.7. The molecule has 0 saturated heterocycles. The molecule has 1 heterocycles. The number of hydrogen-bond acceptors (Lipinski definition) is 8. The topological polar surface area (TPSA) is 113 Å². The number of nitrogens with zero attached hydrogens (tertiary/aromatic N) is 1. The summed E-state index contributed by atoms with van der Waals surface area (Å²) >= 11 is 0. The van der Waals surface area contributed by atoms with Crippen LogP contribution in [-0.4, -0.2) is 26.3 Å². The van der Waals surface area contributed by atoms with E-state index in [-0.39, 0.29) is 23.8 Å². The predicted octanol–water partition coefficient (Wildman–Crippen LogP) is 4.60. The van der Waals surface area contributed by atoms with E-state index in [1.807, 2.05) is 44.2 Å². The fraction of sp³-hybridized carbons (Fsp3) is 0.214. The number of nitriles is 1. The van der Waals surface area contributed by atoms with Gasteiger partial charge in [-0.2, -0.15) is 5.26 Å². The number of aryl methyl sites for hydroxylation is 1. The number of rotatable bonds is 8. The van der Waals surface area contributed by atoms with E-state index >= 15 is 0 Å². The van der Waals surface area contributed by atoms with Crippen LogP contribution in [0.25, 0.3) is 0 Å². The van der Waals surface area contributed by atoms with Crippen LogP contribution in [0.4, 0.5) is 0 Å². The number of ether oxygens (including phenoxy) is 5. The van der Waals surface area contributed by atoms with Crippen LogP contribution in [0.2, 0.25) is 0 Å². The van der Waals surface area contributed by atoms with Crippen molar-refractivity contribution < 1.29 is 28.5 Å². The molecule has 1 unspecified atom stereocenters. The van der Waals surface area contributed by atoms with E-state index in [4.69, 9.17) is 29.4 Å². The number of carbonyl (C=O) groups is 1. The van der Waals surface area contributed by atoms with Crippen LogP contribution >= 0.6 is 0 Å². The third-order valence-electron chi connectivity index (χ3n) is 5.68. The molecule has 0 bridgehead atoms. The third-order valence-corrected chi connectivity index (χ3v) is 5.68. The van der Waals surface area contributed by atoms with Crippen molar-refractivity contribution >= 4 is 5.97 Å². The van der Waals surface area contributed by atoms with Gasteiger partial charge in [-0.05, 0) is 49.2 Å². The molecular formula is C28H26N2O6. The van der Waals surface area contributed by atoms with Crippen molar-refractivity contribution in [2.45, 2.75) is 19.8 Å². The maximum absolute atomic E-state index is 12.4. The Bertz CT molecular complexity index is 1360. The summed E-state index contributed by atoms with van der Waals surface area (Å²) in [5.74, 6) is 1.31. The molecule has 0 radical (unpaired) electrons. The summed E-state index contributed by atoms with van der Waals surface area (Å²) in [7, 11) is 1.55. The minimum Gasteiger partial charge on any atom is -0.493 e. The molecule has 0 saturated carbocycles. The number of methoxy groups -OCH3 is 1. The van der Waals surface area contributed by atoms with E-state index in [9.17, 15) is 10.1 Å². The maximum atomic E-state index is 12.4. The van der Waals surface area contributed by atoms with Gasteiger partial charge in [0.25, 0.3) is 0 Å². The molecule has 3 aromatic carbocycles. The van der Waals surface area contributed by atoms with Crippen molar-refractivity contribution in [1.29, 1.82) is 5.26 Å². The molecule has 8 heteroatoms. The van der Waals surface area contributed by atoms with E-state index in [0.29, 0.717) is 35.2 Å². The van der Waals surface area contributed by atoms with Crippen LogP contribution in [0.3, 0.4) is 0 Å². The molecular weight excluding hydrogens is 460 g/mol. The fourth-order valence-electron chi connectivity index (χ4n) is 4.00. The first-order valence-corrected chi connectivity index (χ1v) is 11.4. The summed E-state index contributed by atoms with van der Waals surface area (Å²) < 4.78 is 27.8. The molecule has 0 amide bonds. The first-order valence-electron chi connectivity index (χ1n) is 11.4. The fourth-order valence-corrected chi connectivity index (χ4v) is 4.00. The zero-order valence-corrected chi connectivity index (χ0v) is 20.2. The minimum absolute atomic E-state index is 0.0192. The van der Waals surface area contributed by atoms with E-state index in [1.165, 1.54) is 0 Å². The summed E-state index contributed by atoms with van der Waals surface area (Å²) in [6.07, 6.45) is 0. The van der Waals surface area contributed by atoms with Gasteiger partial charge in [0.05, 0.1) is 19.6 Å². The molecule has 184 valence electrons. The van der Waals surface area contributed by atoms with Gasteiger partial charge in [-0.15, -0.1) is 0 Å². The quantitative estimate of drug-likeness (QED) is 0.363. The van der Waals surface area contributed by atoms with Crippen LogP contribution in [0.5, 0.6) is 28.7 Å². The lowest BCUT2D eigenvalue weighted by molar-refractivity contribution is -0.136. The normalized spacial score (nSPS) is 14.2. The SMILES string of the molecule is CCOc1ccc(C2C(C#N)=C(N)Oc3cc(OC(=O)COc4ccccc4C)ccc32)cc1OC. The number of carbonyl (C=O) groups excluding carboxylic acids is 1. The van der Waals surface area contributed by atoms with Crippen LogP contribution < -0.4 is 29.4 Å². The Morgan fingerprint density at radius 3 is 2.58 bits per heavy atom. The Balaban J connectivity index is 1.59. The molecule has 4 rings (SSSR count). The molecule has 0 aromatic heterocycles. The maximum Gasteiger partial charge on any atom is 0.349 e. The van der Waals surface area contributed by atoms with Gasteiger partial charge < -0.3 is 29.4 Å². The zero-order chi connectivity index (χ0) is 25.7. The Labute approximate surface area is 209 Å². The summed E-state index contributed by atoms with van der Waals surface area (Å²) in [5, 5.41) is 9.82. The molecule has 0 aliphatic carbocycles. The van der Waals surface area contributed by atoms with Gasteiger partial charge in [0.2, 0.25) is 5.88 Å². The summed E-state index contributed by atoms with van der Waals surface area (Å²) in [6, 6.07) is 20.0. The lowest BCUT2D eigenvalue weighted by Gasteiger charge is -2.27. The van der Waals surface area contributed by atoms with Gasteiger partial charge >= 0.3 is 5.97 Å². The highest BCUT2D eigenvalue weighted by atomic mass is 16.6. The minimum atomic E-state index is -0.567. The Kier molecular flexibility index (Phi) is 7.31. The highest BCUT2D eigenvalue weighted by Crippen LogP contribution is 2.45. The van der Waals surface area contributed by atoms with E-state index in [0.717, 1.165) is 11.1 Å². The molecule has 36 heavy (non-hydrogen) atoms. The Morgan fingerprint density at radius 2 is 1.86 bits per heavy atom. The molecule has 8 nitrogen and oxygen atoms in total. The van der Waals surface area contributed by atoms with E-state index in [2.05, 4.69) is 6.07 Å². The number of fused-ring (bicyclic) bond motifs is 1. The van der Waals surface area contributed by atoms with Gasteiger partial charge in [-0.25, -0.2) is 4.79 Å². The van der Waals surface area contributed by atoms with Crippen molar-refractivity contribution in [1.82, 2.24) is 0 Å². The van der Waals surface area contributed by atoms with E-state index in [1.54, 1.807) is 37.4 Å². The monoisotopic (exact) mass is 486 g/mol. The van der Waals surface area contributed by atoms with Crippen molar-refractivity contribution in [3.63, 3.8) is 0 Å². The van der Waals surface area contributed by atoms with E-state index < -0.39 is 11.9 Å². The molecule has 3 aromatic rings. The molecule has 0 spiro atoms. The molecule has 1 aliphatic rings. The van der Waals surface area contributed by atoms with Gasteiger partial charge in [0.15, 0.2) is 18.1 Å². The largest absolute Gasteiger partial charge is 0.493 e. The number of benzene rings is 3.